The van der Waals surface area contributed by atoms with Crippen molar-refractivity contribution in [3.63, 3.8) is 0 Å². The molecule has 0 fully saturated rings. The molecule has 0 amide bonds. The fourth-order valence-electron chi connectivity index (χ4n) is 2.35. The molecule has 0 aromatic heterocycles. The minimum absolute atomic E-state index is 0.469. The van der Waals surface area contributed by atoms with Crippen LogP contribution in [0.4, 0.5) is 0 Å². The first-order chi connectivity index (χ1) is 8.08. The summed E-state index contributed by atoms with van der Waals surface area (Å²) in [6.07, 6.45) is 0. The molecule has 2 aromatic carbocycles. The molecule has 0 nitrogen and oxygen atoms in total. The molecule has 17 heavy (non-hydrogen) atoms. The number of hydrogen-bond acceptors (Lipinski definition) is 0. The molecule has 0 bridgehead atoms. The van der Waals surface area contributed by atoms with Gasteiger partial charge in [-0.05, 0) is 37.5 Å². The van der Waals surface area contributed by atoms with Gasteiger partial charge < -0.3 is 0 Å². The predicted octanol–water partition coefficient (Wildman–Crippen LogP) is 4.76. The van der Waals surface area contributed by atoms with Crippen LogP contribution < -0.4 is 0 Å². The third-order valence-corrected chi connectivity index (χ3v) is 3.47. The van der Waals surface area contributed by atoms with Gasteiger partial charge in [0.15, 0.2) is 0 Å². The molecule has 0 N–H and O–H groups in total. The molecule has 2 aromatic rings. The lowest BCUT2D eigenvalue weighted by Gasteiger charge is -2.16. The molecule has 0 aliphatic carbocycles. The fourth-order valence-corrected chi connectivity index (χ4v) is 2.35. The molecule has 1 unspecified atom stereocenters. The van der Waals surface area contributed by atoms with Gasteiger partial charge in [0.05, 0.1) is 0 Å². The van der Waals surface area contributed by atoms with Crippen molar-refractivity contribution in [2.45, 2.75) is 33.6 Å². The van der Waals surface area contributed by atoms with E-state index in [1.165, 1.54) is 27.8 Å². The summed E-state index contributed by atoms with van der Waals surface area (Å²) in [7, 11) is 0. The van der Waals surface area contributed by atoms with Crippen LogP contribution in [0.2, 0.25) is 0 Å². The van der Waals surface area contributed by atoms with Crippen molar-refractivity contribution in [1.29, 1.82) is 0 Å². The molecular weight excluding hydrogens is 204 g/mol. The van der Waals surface area contributed by atoms with Crippen LogP contribution in [0.5, 0.6) is 0 Å². The highest BCUT2D eigenvalue weighted by atomic mass is 14.1. The molecule has 0 aliphatic heterocycles. The van der Waals surface area contributed by atoms with E-state index >= 15 is 0 Å². The zero-order valence-corrected chi connectivity index (χ0v) is 11.1. The van der Waals surface area contributed by atoms with E-state index in [2.05, 4.69) is 70.2 Å². The summed E-state index contributed by atoms with van der Waals surface area (Å²) >= 11 is 0. The number of benzene rings is 2. The van der Waals surface area contributed by atoms with Crippen molar-refractivity contribution in [3.8, 4) is 0 Å². The quantitative estimate of drug-likeness (QED) is 0.689. The second-order valence-corrected chi connectivity index (χ2v) is 4.99. The maximum Gasteiger partial charge on any atom is 0.00636 e. The van der Waals surface area contributed by atoms with Gasteiger partial charge in [-0.25, -0.2) is 0 Å². The Morgan fingerprint density at radius 1 is 0.765 bits per heavy atom. The lowest BCUT2D eigenvalue weighted by atomic mass is 9.89. The standard InChI is InChI=1S/C17H20/c1-12-5-8-16(9-6-12)15(4)17-10-7-13(2)11-14(17)3/h5-11,15H,1-4H3. The lowest BCUT2D eigenvalue weighted by Crippen LogP contribution is -1.99. The highest BCUT2D eigenvalue weighted by molar-refractivity contribution is 5.39. The van der Waals surface area contributed by atoms with Crippen molar-refractivity contribution in [1.82, 2.24) is 0 Å². The van der Waals surface area contributed by atoms with E-state index in [0.29, 0.717) is 5.92 Å². The largest absolute Gasteiger partial charge is 0.0590 e. The van der Waals surface area contributed by atoms with Crippen LogP contribution in [0.3, 0.4) is 0 Å². The maximum atomic E-state index is 2.28. The van der Waals surface area contributed by atoms with Gasteiger partial charge in [-0.1, -0.05) is 60.5 Å². The fraction of sp³-hybridized carbons (Fsp3) is 0.294. The predicted molar refractivity (Wildman–Crippen MR) is 74.6 cm³/mol. The molecule has 0 spiro atoms. The van der Waals surface area contributed by atoms with E-state index in [9.17, 15) is 0 Å². The molecule has 0 aliphatic rings. The van der Waals surface area contributed by atoms with Crippen molar-refractivity contribution < 1.29 is 0 Å². The van der Waals surface area contributed by atoms with Gasteiger partial charge in [0.2, 0.25) is 0 Å². The molecule has 1 atom stereocenters. The Balaban J connectivity index is 2.36. The Morgan fingerprint density at radius 3 is 1.94 bits per heavy atom. The second kappa shape index (κ2) is 4.75. The van der Waals surface area contributed by atoms with E-state index in [1.807, 2.05) is 0 Å². The first-order valence-corrected chi connectivity index (χ1v) is 6.21. The van der Waals surface area contributed by atoms with Gasteiger partial charge in [-0.15, -0.1) is 0 Å². The first-order valence-electron chi connectivity index (χ1n) is 6.21. The average molecular weight is 224 g/mol. The van der Waals surface area contributed by atoms with Gasteiger partial charge in [0.25, 0.3) is 0 Å². The monoisotopic (exact) mass is 224 g/mol. The van der Waals surface area contributed by atoms with Crippen molar-refractivity contribution in [2.24, 2.45) is 0 Å². The molecular formula is C17H20. The Morgan fingerprint density at radius 2 is 1.35 bits per heavy atom. The summed E-state index contributed by atoms with van der Waals surface area (Å²) in [5, 5.41) is 0. The zero-order valence-electron chi connectivity index (χ0n) is 11.1. The maximum absolute atomic E-state index is 2.28. The summed E-state index contributed by atoms with van der Waals surface area (Å²) in [6, 6.07) is 15.6. The van der Waals surface area contributed by atoms with E-state index in [1.54, 1.807) is 0 Å². The number of hydrogen-bond donors (Lipinski definition) is 0. The Hall–Kier alpha value is -1.56. The van der Waals surface area contributed by atoms with Crippen LogP contribution in [-0.2, 0) is 0 Å². The average Bonchev–Trinajstić information content (AvgIpc) is 2.29. The van der Waals surface area contributed by atoms with E-state index < -0.39 is 0 Å². The van der Waals surface area contributed by atoms with Gasteiger partial charge >= 0.3 is 0 Å². The van der Waals surface area contributed by atoms with Gasteiger partial charge in [-0.3, -0.25) is 0 Å². The van der Waals surface area contributed by atoms with Crippen LogP contribution in [0.1, 0.15) is 40.7 Å². The first kappa shape index (κ1) is 11.9. The molecule has 0 heteroatoms. The number of rotatable bonds is 2. The molecule has 0 heterocycles. The Bertz CT molecular complexity index is 506. The van der Waals surface area contributed by atoms with Gasteiger partial charge in [0.1, 0.15) is 0 Å². The van der Waals surface area contributed by atoms with Crippen LogP contribution in [0, 0.1) is 20.8 Å². The minimum Gasteiger partial charge on any atom is -0.0590 e. The van der Waals surface area contributed by atoms with Crippen molar-refractivity contribution >= 4 is 0 Å². The lowest BCUT2D eigenvalue weighted by molar-refractivity contribution is 0.908. The van der Waals surface area contributed by atoms with E-state index in [-0.39, 0.29) is 0 Å². The summed E-state index contributed by atoms with van der Waals surface area (Å²) in [5.74, 6) is 0.469. The van der Waals surface area contributed by atoms with Crippen LogP contribution in [-0.4, -0.2) is 0 Å². The smallest absolute Gasteiger partial charge is 0.00636 e. The number of aryl methyl sites for hydroxylation is 3. The van der Waals surface area contributed by atoms with Crippen molar-refractivity contribution in [3.05, 3.63) is 70.3 Å². The molecule has 0 saturated carbocycles. The van der Waals surface area contributed by atoms with Gasteiger partial charge in [0, 0.05) is 5.92 Å². The van der Waals surface area contributed by atoms with Crippen LogP contribution >= 0.6 is 0 Å². The van der Waals surface area contributed by atoms with E-state index in [0.717, 1.165) is 0 Å². The second-order valence-electron chi connectivity index (χ2n) is 4.99. The van der Waals surface area contributed by atoms with Crippen molar-refractivity contribution in [2.75, 3.05) is 0 Å². The molecule has 88 valence electrons. The zero-order chi connectivity index (χ0) is 12.4. The summed E-state index contributed by atoms with van der Waals surface area (Å²) in [5.41, 5.74) is 6.86. The highest BCUT2D eigenvalue weighted by Crippen LogP contribution is 2.27. The Kier molecular flexibility index (Phi) is 3.33. The topological polar surface area (TPSA) is 0 Å². The summed E-state index contributed by atoms with van der Waals surface area (Å²) in [6.45, 7) is 8.76. The minimum atomic E-state index is 0.469. The Labute approximate surface area is 104 Å². The summed E-state index contributed by atoms with van der Waals surface area (Å²) < 4.78 is 0. The normalized spacial score (nSPS) is 12.5. The highest BCUT2D eigenvalue weighted by Gasteiger charge is 2.10. The summed E-state index contributed by atoms with van der Waals surface area (Å²) in [4.78, 5) is 0. The SMILES string of the molecule is Cc1ccc(C(C)c2ccc(C)cc2C)cc1. The molecule has 0 radical (unpaired) electrons. The van der Waals surface area contributed by atoms with Gasteiger partial charge in [-0.2, -0.15) is 0 Å². The van der Waals surface area contributed by atoms with E-state index in [4.69, 9.17) is 0 Å². The molecule has 2 rings (SSSR count). The van der Waals surface area contributed by atoms with Crippen LogP contribution in [0.25, 0.3) is 0 Å². The third-order valence-electron chi connectivity index (χ3n) is 3.47. The third kappa shape index (κ3) is 2.58. The molecule has 0 saturated heterocycles. The van der Waals surface area contributed by atoms with Crippen LogP contribution in [0.15, 0.2) is 42.5 Å².